The summed E-state index contributed by atoms with van der Waals surface area (Å²) in [6.45, 7) is 2.54. The van der Waals surface area contributed by atoms with Gasteiger partial charge in [0.15, 0.2) is 5.60 Å². The first-order chi connectivity index (χ1) is 20.7. The van der Waals surface area contributed by atoms with Crippen molar-refractivity contribution in [2.24, 2.45) is 0 Å². The number of fused-ring (bicyclic) bond motifs is 1. The SMILES string of the molecule is CN(C)C(=O)[C@@H]1Cc2ccccc2N1C(=O)CCN1CCC(c2ccc(F)cc2)CC1.O=C(O)CC(O)(CC(=O)O)C(=O)O. The topological polar surface area (TPSA) is 176 Å². The van der Waals surface area contributed by atoms with Gasteiger partial charge in [-0.05, 0) is 61.2 Å². The second-order valence-electron chi connectivity index (χ2n) is 11.2. The van der Waals surface area contributed by atoms with E-state index in [9.17, 15) is 28.4 Å². The Hall–Kier alpha value is -4.36. The predicted octanol–water partition coefficient (Wildman–Crippen LogP) is 2.19. The van der Waals surface area contributed by atoms with Crippen LogP contribution in [-0.4, -0.2) is 105 Å². The van der Waals surface area contributed by atoms with Gasteiger partial charge in [-0.3, -0.25) is 24.1 Å². The van der Waals surface area contributed by atoms with Crippen LogP contribution in [0.25, 0.3) is 0 Å². The molecule has 12 nitrogen and oxygen atoms in total. The Labute approximate surface area is 254 Å². The highest BCUT2D eigenvalue weighted by atomic mass is 19.1. The van der Waals surface area contributed by atoms with Crippen molar-refractivity contribution >= 4 is 35.4 Å². The summed E-state index contributed by atoms with van der Waals surface area (Å²) in [5.41, 5.74) is 0.368. The number of carboxylic acids is 3. The normalized spacial score (nSPS) is 16.8. The van der Waals surface area contributed by atoms with Gasteiger partial charge in [-0.25, -0.2) is 9.18 Å². The molecule has 238 valence electrons. The zero-order chi connectivity index (χ0) is 32.6. The average molecular weight is 616 g/mol. The second-order valence-corrected chi connectivity index (χ2v) is 11.2. The van der Waals surface area contributed by atoms with Crippen LogP contribution in [0.1, 0.15) is 49.1 Å². The molecule has 2 aliphatic heterocycles. The molecule has 0 bridgehead atoms. The van der Waals surface area contributed by atoms with E-state index in [0.29, 0.717) is 25.3 Å². The van der Waals surface area contributed by atoms with Crippen LogP contribution >= 0.6 is 0 Å². The number of para-hydroxylation sites is 1. The Bertz CT molecular complexity index is 1340. The van der Waals surface area contributed by atoms with E-state index in [1.54, 1.807) is 23.9 Å². The number of anilines is 1. The number of hydrogen-bond acceptors (Lipinski definition) is 7. The van der Waals surface area contributed by atoms with Crippen molar-refractivity contribution in [3.8, 4) is 0 Å². The van der Waals surface area contributed by atoms with Gasteiger partial charge in [-0.2, -0.15) is 0 Å². The number of aliphatic hydroxyl groups is 1. The number of nitrogens with zero attached hydrogens (tertiary/aromatic N) is 3. The molecular weight excluding hydrogens is 577 g/mol. The number of likely N-dealkylation sites (N-methyl/N-ethyl adjacent to an activating group) is 1. The molecule has 1 atom stereocenters. The molecule has 0 radical (unpaired) electrons. The fourth-order valence-electron chi connectivity index (χ4n) is 5.50. The number of carboxylic acid groups (broad SMARTS) is 3. The highest BCUT2D eigenvalue weighted by molar-refractivity contribution is 6.03. The van der Waals surface area contributed by atoms with E-state index in [1.165, 1.54) is 17.7 Å². The lowest BCUT2D eigenvalue weighted by atomic mass is 9.89. The van der Waals surface area contributed by atoms with E-state index in [-0.39, 0.29) is 17.6 Å². The van der Waals surface area contributed by atoms with Gasteiger partial charge in [0.1, 0.15) is 11.9 Å². The maximum absolute atomic E-state index is 13.2. The number of carbonyl (C=O) groups is 5. The lowest BCUT2D eigenvalue weighted by Gasteiger charge is -2.33. The maximum Gasteiger partial charge on any atom is 0.336 e. The third-order valence-electron chi connectivity index (χ3n) is 7.83. The Kier molecular flexibility index (Phi) is 11.5. The summed E-state index contributed by atoms with van der Waals surface area (Å²) in [6, 6.07) is 14.2. The van der Waals surface area contributed by atoms with Gasteiger partial charge in [0, 0.05) is 39.2 Å². The summed E-state index contributed by atoms with van der Waals surface area (Å²) in [5.74, 6) is -4.81. The molecule has 2 heterocycles. The van der Waals surface area contributed by atoms with Crippen LogP contribution in [0.15, 0.2) is 48.5 Å². The zero-order valence-electron chi connectivity index (χ0n) is 24.7. The number of amides is 2. The van der Waals surface area contributed by atoms with Gasteiger partial charge in [0.25, 0.3) is 0 Å². The molecule has 1 saturated heterocycles. The monoisotopic (exact) mass is 615 g/mol. The molecule has 2 aromatic rings. The number of halogens is 1. The minimum Gasteiger partial charge on any atom is -0.481 e. The molecule has 4 N–H and O–H groups in total. The van der Waals surface area contributed by atoms with Crippen LogP contribution < -0.4 is 4.90 Å². The summed E-state index contributed by atoms with van der Waals surface area (Å²) in [5, 5.41) is 33.8. The molecular formula is C31H38FN3O9. The Morgan fingerprint density at radius 3 is 2.00 bits per heavy atom. The summed E-state index contributed by atoms with van der Waals surface area (Å²) in [6.07, 6.45) is 0.695. The minimum atomic E-state index is -2.74. The fraction of sp³-hybridized carbons (Fsp3) is 0.452. The van der Waals surface area contributed by atoms with Crippen LogP contribution in [-0.2, 0) is 30.4 Å². The van der Waals surface area contributed by atoms with E-state index < -0.39 is 42.4 Å². The summed E-state index contributed by atoms with van der Waals surface area (Å²) in [4.78, 5) is 62.0. The van der Waals surface area contributed by atoms with Crippen molar-refractivity contribution in [1.82, 2.24) is 9.80 Å². The number of likely N-dealkylation sites (tertiary alicyclic amines) is 1. The number of carbonyl (C=O) groups excluding carboxylic acids is 2. The number of rotatable bonds is 10. The van der Waals surface area contributed by atoms with Gasteiger partial charge in [-0.1, -0.05) is 30.3 Å². The first kappa shape index (κ1) is 34.1. The molecule has 0 spiro atoms. The smallest absolute Gasteiger partial charge is 0.336 e. The van der Waals surface area contributed by atoms with Crippen LogP contribution in [0.5, 0.6) is 0 Å². The van der Waals surface area contributed by atoms with Crippen molar-refractivity contribution in [1.29, 1.82) is 0 Å². The van der Waals surface area contributed by atoms with E-state index in [0.717, 1.165) is 37.2 Å². The number of hydrogen-bond donors (Lipinski definition) is 4. The lowest BCUT2D eigenvalue weighted by Crippen LogP contribution is -2.48. The standard InChI is InChI=1S/C25H30FN3O2.C6H8O7/c1-27(2)25(31)23-17-20-5-3-4-6-22(20)29(23)24(30)13-16-28-14-11-19(12-15-28)18-7-9-21(26)10-8-18;7-3(8)1-6(13,5(11)12)2-4(9)10/h3-10,19,23H,11-17H2,1-2H3;13H,1-2H2,(H,7,8)(H,9,10)(H,11,12)/t23-;/m0./s1. The van der Waals surface area contributed by atoms with E-state index in [1.807, 2.05) is 36.4 Å². The first-order valence-corrected chi connectivity index (χ1v) is 14.2. The number of benzene rings is 2. The predicted molar refractivity (Wildman–Crippen MR) is 157 cm³/mol. The zero-order valence-corrected chi connectivity index (χ0v) is 24.7. The average Bonchev–Trinajstić information content (AvgIpc) is 3.35. The number of aliphatic carboxylic acids is 3. The molecule has 0 unspecified atom stereocenters. The van der Waals surface area contributed by atoms with Gasteiger partial charge in [0.05, 0.1) is 12.8 Å². The van der Waals surface area contributed by atoms with Crippen LogP contribution in [0.3, 0.4) is 0 Å². The highest BCUT2D eigenvalue weighted by Crippen LogP contribution is 2.34. The van der Waals surface area contributed by atoms with Crippen molar-refractivity contribution in [2.75, 3.05) is 38.6 Å². The first-order valence-electron chi connectivity index (χ1n) is 14.2. The van der Waals surface area contributed by atoms with Gasteiger partial charge < -0.3 is 30.2 Å². The second kappa shape index (κ2) is 14.9. The molecule has 4 rings (SSSR count). The van der Waals surface area contributed by atoms with Crippen LogP contribution in [0.4, 0.5) is 10.1 Å². The van der Waals surface area contributed by atoms with Crippen LogP contribution in [0.2, 0.25) is 0 Å². The van der Waals surface area contributed by atoms with E-state index in [4.69, 9.17) is 20.4 Å². The Morgan fingerprint density at radius 1 is 0.909 bits per heavy atom. The van der Waals surface area contributed by atoms with E-state index >= 15 is 0 Å². The molecule has 44 heavy (non-hydrogen) atoms. The van der Waals surface area contributed by atoms with Crippen LogP contribution in [0, 0.1) is 5.82 Å². The minimum absolute atomic E-state index is 0.00538. The third kappa shape index (κ3) is 8.83. The van der Waals surface area contributed by atoms with Gasteiger partial charge in [0.2, 0.25) is 11.8 Å². The molecule has 2 aliphatic rings. The summed E-state index contributed by atoms with van der Waals surface area (Å²) in [7, 11) is 3.47. The summed E-state index contributed by atoms with van der Waals surface area (Å²) >= 11 is 0. The lowest BCUT2D eigenvalue weighted by molar-refractivity contribution is -0.170. The van der Waals surface area contributed by atoms with Gasteiger partial charge >= 0.3 is 17.9 Å². The molecule has 0 aromatic heterocycles. The maximum atomic E-state index is 13.2. The molecule has 1 fully saturated rings. The highest BCUT2D eigenvalue weighted by Gasteiger charge is 2.41. The van der Waals surface area contributed by atoms with Crippen molar-refractivity contribution in [2.45, 2.75) is 56.1 Å². The largest absolute Gasteiger partial charge is 0.481 e. The van der Waals surface area contributed by atoms with Gasteiger partial charge in [-0.15, -0.1) is 0 Å². The van der Waals surface area contributed by atoms with Crippen molar-refractivity contribution in [3.05, 3.63) is 65.5 Å². The summed E-state index contributed by atoms with van der Waals surface area (Å²) < 4.78 is 13.2. The third-order valence-corrected chi connectivity index (χ3v) is 7.83. The van der Waals surface area contributed by atoms with Crippen molar-refractivity contribution in [3.63, 3.8) is 0 Å². The number of piperidine rings is 1. The molecule has 2 amide bonds. The van der Waals surface area contributed by atoms with E-state index in [2.05, 4.69) is 4.90 Å². The molecule has 2 aromatic carbocycles. The Balaban J connectivity index is 0.000000345. The molecule has 0 saturated carbocycles. The molecule has 13 heteroatoms. The Morgan fingerprint density at radius 2 is 1.48 bits per heavy atom. The van der Waals surface area contributed by atoms with Crippen molar-refractivity contribution < 1.29 is 48.8 Å². The molecule has 0 aliphatic carbocycles. The quantitative estimate of drug-likeness (QED) is 0.310. The fourth-order valence-corrected chi connectivity index (χ4v) is 5.50.